The maximum Gasteiger partial charge on any atom is 0.380 e. The van der Waals surface area contributed by atoms with Crippen molar-refractivity contribution in [2.75, 3.05) is 0 Å². The predicted molar refractivity (Wildman–Crippen MR) is 54.1 cm³/mol. The number of aliphatic hydroxyl groups excluding tert-OH is 1. The van der Waals surface area contributed by atoms with Gasteiger partial charge in [-0.05, 0) is 13.8 Å². The Morgan fingerprint density at radius 3 is 1.44 bits per heavy atom. The standard InChI is InChI=1S/C10H12O6/c1-5(2)8(13)15-10(7(11)12)16-9(14)6(3)4/h11-12H,1,3H2,2,4H3. The van der Waals surface area contributed by atoms with Gasteiger partial charge in [-0.3, -0.25) is 0 Å². The smallest absolute Gasteiger partial charge is 0.380 e. The number of esters is 2. The number of hydrogen-bond acceptors (Lipinski definition) is 6. The van der Waals surface area contributed by atoms with Gasteiger partial charge in [-0.25, -0.2) is 9.59 Å². The molecule has 0 aliphatic carbocycles. The molecule has 0 amide bonds. The average Bonchev–Trinajstić information content (AvgIpc) is 2.15. The largest absolute Gasteiger partial charge is 0.476 e. The number of hydrogen-bond donors (Lipinski definition) is 2. The molecule has 0 bridgehead atoms. The van der Waals surface area contributed by atoms with E-state index in [-0.39, 0.29) is 11.1 Å². The Kier molecular flexibility index (Phi) is 4.81. The molecule has 0 spiro atoms. The van der Waals surface area contributed by atoms with Crippen molar-refractivity contribution in [3.05, 3.63) is 36.2 Å². The van der Waals surface area contributed by atoms with E-state index in [0.29, 0.717) is 0 Å². The zero-order valence-electron chi connectivity index (χ0n) is 8.94. The summed E-state index contributed by atoms with van der Waals surface area (Å²) in [6.07, 6.45) is 0. The third kappa shape index (κ3) is 4.32. The molecule has 0 aromatic heterocycles. The lowest BCUT2D eigenvalue weighted by Gasteiger charge is -2.08. The molecule has 88 valence electrons. The van der Waals surface area contributed by atoms with Crippen molar-refractivity contribution in [1.29, 1.82) is 0 Å². The summed E-state index contributed by atoms with van der Waals surface area (Å²) < 4.78 is 8.70. The minimum Gasteiger partial charge on any atom is -0.476 e. The molecule has 6 heteroatoms. The topological polar surface area (TPSA) is 93.1 Å². The fraction of sp³-hybridized carbons (Fsp3) is 0.200. The second-order valence-electron chi connectivity index (χ2n) is 2.95. The van der Waals surface area contributed by atoms with E-state index in [1.807, 2.05) is 0 Å². The van der Waals surface area contributed by atoms with Gasteiger partial charge in [0.25, 0.3) is 0 Å². The minimum atomic E-state index is -1.43. The lowest BCUT2D eigenvalue weighted by atomic mass is 10.4. The Labute approximate surface area is 92.1 Å². The van der Waals surface area contributed by atoms with Crippen LogP contribution in [-0.4, -0.2) is 22.2 Å². The summed E-state index contributed by atoms with van der Waals surface area (Å²) in [5.41, 5.74) is 0.00949. The molecule has 6 nitrogen and oxygen atoms in total. The monoisotopic (exact) mass is 228 g/mol. The summed E-state index contributed by atoms with van der Waals surface area (Å²) in [6.45, 7) is 9.21. The Hall–Kier alpha value is -2.24. The summed E-state index contributed by atoms with van der Waals surface area (Å²) in [7, 11) is 0. The zero-order valence-corrected chi connectivity index (χ0v) is 8.94. The molecule has 16 heavy (non-hydrogen) atoms. The molecule has 0 fully saturated rings. The van der Waals surface area contributed by atoms with E-state index in [1.165, 1.54) is 13.8 Å². The van der Waals surface area contributed by atoms with Gasteiger partial charge in [0.1, 0.15) is 0 Å². The van der Waals surface area contributed by atoms with Crippen molar-refractivity contribution in [2.45, 2.75) is 13.8 Å². The highest BCUT2D eigenvalue weighted by molar-refractivity contribution is 5.89. The van der Waals surface area contributed by atoms with E-state index in [4.69, 9.17) is 10.2 Å². The first-order valence-corrected chi connectivity index (χ1v) is 4.13. The number of rotatable bonds is 4. The Morgan fingerprint density at radius 1 is 0.938 bits per heavy atom. The Balaban J connectivity index is 4.75. The highest BCUT2D eigenvalue weighted by Gasteiger charge is 2.18. The normalized spacial score (nSPS) is 8.88. The maximum atomic E-state index is 11.0. The number of aliphatic hydroxyl groups is 2. The van der Waals surface area contributed by atoms with Gasteiger partial charge >= 0.3 is 23.8 Å². The van der Waals surface area contributed by atoms with Gasteiger partial charge in [-0.2, -0.15) is 0 Å². The van der Waals surface area contributed by atoms with Gasteiger partial charge in [0.2, 0.25) is 0 Å². The van der Waals surface area contributed by atoms with E-state index in [2.05, 4.69) is 22.6 Å². The Morgan fingerprint density at radius 2 is 1.25 bits per heavy atom. The first-order valence-electron chi connectivity index (χ1n) is 4.13. The van der Waals surface area contributed by atoms with Crippen molar-refractivity contribution in [3.8, 4) is 0 Å². The lowest BCUT2D eigenvalue weighted by Crippen LogP contribution is -2.14. The van der Waals surface area contributed by atoms with Crippen LogP contribution in [0, 0.1) is 0 Å². The zero-order chi connectivity index (χ0) is 12.9. The summed E-state index contributed by atoms with van der Waals surface area (Å²) in [6, 6.07) is 0. The molecule has 0 saturated heterocycles. The van der Waals surface area contributed by atoms with Crippen LogP contribution < -0.4 is 0 Å². The molecule has 0 heterocycles. The average molecular weight is 228 g/mol. The first kappa shape index (κ1) is 13.8. The summed E-state index contributed by atoms with van der Waals surface area (Å²) in [5, 5.41) is 17.4. The first-order chi connectivity index (χ1) is 7.25. The third-order valence-electron chi connectivity index (χ3n) is 1.25. The van der Waals surface area contributed by atoms with Crippen LogP contribution in [0.25, 0.3) is 0 Å². The molecule has 0 aromatic rings. The van der Waals surface area contributed by atoms with Crippen LogP contribution in [0.5, 0.6) is 0 Å². The molecule has 0 aromatic carbocycles. The van der Waals surface area contributed by atoms with Crippen LogP contribution in [0.15, 0.2) is 36.2 Å². The number of carbonyl (C=O) groups excluding carboxylic acids is 2. The van der Waals surface area contributed by atoms with E-state index in [9.17, 15) is 9.59 Å². The van der Waals surface area contributed by atoms with Crippen molar-refractivity contribution in [3.63, 3.8) is 0 Å². The van der Waals surface area contributed by atoms with Gasteiger partial charge in [0.05, 0.1) is 0 Å². The van der Waals surface area contributed by atoms with E-state index in [1.54, 1.807) is 0 Å². The predicted octanol–water partition coefficient (Wildman–Crippen LogP) is 1.47. The molecule has 0 unspecified atom stereocenters. The van der Waals surface area contributed by atoms with Crippen molar-refractivity contribution >= 4 is 11.9 Å². The van der Waals surface area contributed by atoms with Crippen molar-refractivity contribution < 1.29 is 29.3 Å². The number of ether oxygens (including phenoxy) is 2. The number of carbonyl (C=O) groups is 2. The van der Waals surface area contributed by atoms with Gasteiger partial charge in [-0.1, -0.05) is 13.2 Å². The molecule has 0 saturated carbocycles. The van der Waals surface area contributed by atoms with E-state index >= 15 is 0 Å². The summed E-state index contributed by atoms with van der Waals surface area (Å²) in [5.74, 6) is -4.35. The Bertz CT molecular complexity index is 343. The van der Waals surface area contributed by atoms with Crippen LogP contribution in [-0.2, 0) is 19.1 Å². The molecule has 0 aliphatic rings. The molecular formula is C10H12O6. The maximum absolute atomic E-state index is 11.0. The lowest BCUT2D eigenvalue weighted by molar-refractivity contribution is -0.151. The summed E-state index contributed by atoms with van der Waals surface area (Å²) >= 11 is 0. The van der Waals surface area contributed by atoms with E-state index in [0.717, 1.165) is 0 Å². The second kappa shape index (κ2) is 5.59. The second-order valence-corrected chi connectivity index (χ2v) is 2.95. The molecular weight excluding hydrogens is 216 g/mol. The van der Waals surface area contributed by atoms with Crippen LogP contribution in [0.1, 0.15) is 13.8 Å². The van der Waals surface area contributed by atoms with E-state index < -0.39 is 23.8 Å². The molecule has 2 N–H and O–H groups in total. The highest BCUT2D eigenvalue weighted by atomic mass is 16.7. The third-order valence-corrected chi connectivity index (χ3v) is 1.25. The molecule has 0 radical (unpaired) electrons. The highest BCUT2D eigenvalue weighted by Crippen LogP contribution is 2.09. The fourth-order valence-electron chi connectivity index (χ4n) is 0.455. The fourth-order valence-corrected chi connectivity index (χ4v) is 0.455. The van der Waals surface area contributed by atoms with Crippen LogP contribution >= 0.6 is 0 Å². The van der Waals surface area contributed by atoms with Gasteiger partial charge in [-0.15, -0.1) is 0 Å². The minimum absolute atomic E-state index is 0.00474. The van der Waals surface area contributed by atoms with Gasteiger partial charge in [0, 0.05) is 11.1 Å². The van der Waals surface area contributed by atoms with Crippen LogP contribution in [0.4, 0.5) is 0 Å². The SMILES string of the molecule is C=C(C)C(=O)OC(OC(=O)C(=C)C)=C(O)O. The molecule has 0 rings (SSSR count). The van der Waals surface area contributed by atoms with Crippen LogP contribution in [0.3, 0.4) is 0 Å². The van der Waals surface area contributed by atoms with Crippen molar-refractivity contribution in [1.82, 2.24) is 0 Å². The summed E-state index contributed by atoms with van der Waals surface area (Å²) in [4.78, 5) is 22.0. The van der Waals surface area contributed by atoms with Gasteiger partial charge < -0.3 is 19.7 Å². The quantitative estimate of drug-likeness (QED) is 0.430. The van der Waals surface area contributed by atoms with Gasteiger partial charge in [0.15, 0.2) is 0 Å². The molecule has 0 atom stereocenters. The van der Waals surface area contributed by atoms with Crippen LogP contribution in [0.2, 0.25) is 0 Å². The van der Waals surface area contributed by atoms with Crippen molar-refractivity contribution in [2.24, 2.45) is 0 Å². The molecule has 0 aliphatic heterocycles.